The molecule has 0 saturated heterocycles. The van der Waals surface area contributed by atoms with E-state index in [2.05, 4.69) is 34.9 Å². The maximum Gasteiger partial charge on any atom is 0.225 e. The minimum Gasteiger partial charge on any atom is -0.495 e. The first-order chi connectivity index (χ1) is 15.9. The van der Waals surface area contributed by atoms with Crippen molar-refractivity contribution >= 4 is 46.4 Å². The fourth-order valence-electron chi connectivity index (χ4n) is 4.70. The first-order valence-electron chi connectivity index (χ1n) is 11.7. The summed E-state index contributed by atoms with van der Waals surface area (Å²) in [5.74, 6) is 2.53. The Labute approximate surface area is 206 Å². The van der Waals surface area contributed by atoms with Gasteiger partial charge in [-0.15, -0.1) is 0 Å². The van der Waals surface area contributed by atoms with Crippen molar-refractivity contribution in [2.24, 2.45) is 0 Å². The van der Waals surface area contributed by atoms with Crippen molar-refractivity contribution in [3.63, 3.8) is 0 Å². The zero-order valence-corrected chi connectivity index (χ0v) is 21.2. The summed E-state index contributed by atoms with van der Waals surface area (Å²) in [7, 11) is 5.76. The Morgan fingerprint density at radius 2 is 1.82 bits per heavy atom. The van der Waals surface area contributed by atoms with E-state index in [-0.39, 0.29) is 0 Å². The number of anilines is 3. The molecule has 178 valence electrons. The van der Waals surface area contributed by atoms with Gasteiger partial charge in [0.15, 0.2) is 5.11 Å². The lowest BCUT2D eigenvalue weighted by atomic mass is 9.91. The van der Waals surface area contributed by atoms with Gasteiger partial charge in [0.25, 0.3) is 0 Å². The molecule has 0 bridgehead atoms. The van der Waals surface area contributed by atoms with Crippen LogP contribution in [0.3, 0.4) is 0 Å². The van der Waals surface area contributed by atoms with Gasteiger partial charge >= 0.3 is 0 Å². The summed E-state index contributed by atoms with van der Waals surface area (Å²) in [6, 6.07) is 6.14. The van der Waals surface area contributed by atoms with Crippen molar-refractivity contribution in [3.05, 3.63) is 34.5 Å². The van der Waals surface area contributed by atoms with E-state index in [1.54, 1.807) is 13.2 Å². The van der Waals surface area contributed by atoms with Crippen LogP contribution in [0.4, 0.5) is 17.5 Å². The van der Waals surface area contributed by atoms with Gasteiger partial charge in [0, 0.05) is 36.8 Å². The highest BCUT2D eigenvalue weighted by Crippen LogP contribution is 2.30. The Morgan fingerprint density at radius 3 is 2.55 bits per heavy atom. The molecular weight excluding hydrogens is 456 g/mol. The van der Waals surface area contributed by atoms with Gasteiger partial charge in [0.05, 0.1) is 18.5 Å². The van der Waals surface area contributed by atoms with Crippen LogP contribution in [-0.2, 0) is 12.8 Å². The topological polar surface area (TPSA) is 74.3 Å². The van der Waals surface area contributed by atoms with Gasteiger partial charge in [0.2, 0.25) is 5.95 Å². The smallest absolute Gasteiger partial charge is 0.225 e. The molecule has 0 unspecified atom stereocenters. The van der Waals surface area contributed by atoms with Crippen molar-refractivity contribution in [3.8, 4) is 5.75 Å². The number of benzene rings is 1. The molecule has 1 aromatic heterocycles. The Bertz CT molecular complexity index is 993. The average Bonchev–Trinajstić information content (AvgIpc) is 2.80. The third kappa shape index (κ3) is 5.98. The molecule has 1 fully saturated rings. The van der Waals surface area contributed by atoms with E-state index < -0.39 is 0 Å². The molecule has 2 aromatic rings. The SMILES string of the molecule is COc1ccc(Cl)cc1NC(=S)NC1CCC(Nc2nc3c(c(N(C)C)n2)CCCC3)CC1. The normalized spacial score (nSPS) is 19.9. The quantitative estimate of drug-likeness (QED) is 0.501. The Hall–Kier alpha value is -2.32. The molecule has 1 heterocycles. The molecule has 0 atom stereocenters. The number of aromatic nitrogens is 2. The third-order valence-corrected chi connectivity index (χ3v) is 6.85. The van der Waals surface area contributed by atoms with Gasteiger partial charge in [0.1, 0.15) is 11.6 Å². The van der Waals surface area contributed by atoms with Crippen molar-refractivity contribution < 1.29 is 4.74 Å². The van der Waals surface area contributed by atoms with Gasteiger partial charge in [-0.2, -0.15) is 4.98 Å². The molecule has 0 amide bonds. The number of hydrogen-bond acceptors (Lipinski definition) is 6. The summed E-state index contributed by atoms with van der Waals surface area (Å²) < 4.78 is 5.39. The van der Waals surface area contributed by atoms with E-state index >= 15 is 0 Å². The first-order valence-corrected chi connectivity index (χ1v) is 12.5. The summed E-state index contributed by atoms with van der Waals surface area (Å²) in [6.45, 7) is 0. The van der Waals surface area contributed by atoms with Crippen LogP contribution in [0.2, 0.25) is 5.02 Å². The fourth-order valence-corrected chi connectivity index (χ4v) is 5.14. The van der Waals surface area contributed by atoms with Crippen molar-refractivity contribution in [1.29, 1.82) is 0 Å². The largest absolute Gasteiger partial charge is 0.495 e. The van der Waals surface area contributed by atoms with Gasteiger partial charge in [-0.05, 0) is 81.8 Å². The number of rotatable bonds is 6. The Balaban J connectivity index is 1.31. The number of aryl methyl sites for hydroxylation is 1. The molecule has 3 N–H and O–H groups in total. The van der Waals surface area contributed by atoms with Crippen LogP contribution in [-0.4, -0.2) is 48.4 Å². The number of methoxy groups -OCH3 is 1. The molecule has 33 heavy (non-hydrogen) atoms. The van der Waals surface area contributed by atoms with Crippen molar-refractivity contribution in [1.82, 2.24) is 15.3 Å². The van der Waals surface area contributed by atoms with E-state index in [4.69, 9.17) is 38.5 Å². The van der Waals surface area contributed by atoms with Crippen LogP contribution in [0.25, 0.3) is 0 Å². The maximum atomic E-state index is 6.12. The van der Waals surface area contributed by atoms with Crippen LogP contribution in [0, 0.1) is 0 Å². The molecule has 9 heteroatoms. The lowest BCUT2D eigenvalue weighted by Gasteiger charge is -2.31. The Morgan fingerprint density at radius 1 is 1.09 bits per heavy atom. The van der Waals surface area contributed by atoms with Crippen molar-refractivity contribution in [2.75, 3.05) is 36.7 Å². The molecule has 0 aliphatic heterocycles. The van der Waals surface area contributed by atoms with Crippen molar-refractivity contribution in [2.45, 2.75) is 63.5 Å². The minimum atomic E-state index is 0.329. The summed E-state index contributed by atoms with van der Waals surface area (Å²) in [5.41, 5.74) is 3.30. The number of halogens is 1. The second kappa shape index (κ2) is 10.7. The highest BCUT2D eigenvalue weighted by molar-refractivity contribution is 7.80. The van der Waals surface area contributed by atoms with E-state index in [1.165, 1.54) is 24.1 Å². The van der Waals surface area contributed by atoms with Gasteiger partial charge < -0.3 is 25.6 Å². The molecule has 0 radical (unpaired) electrons. The molecule has 1 aromatic carbocycles. The van der Waals surface area contributed by atoms with E-state index in [0.717, 1.165) is 56.0 Å². The first kappa shape index (κ1) is 23.8. The molecule has 4 rings (SSSR count). The van der Waals surface area contributed by atoms with Gasteiger partial charge in [-0.3, -0.25) is 0 Å². The zero-order chi connectivity index (χ0) is 23.4. The molecule has 1 saturated carbocycles. The van der Waals surface area contributed by atoms with E-state index in [0.29, 0.717) is 28.0 Å². The molecule has 2 aliphatic rings. The fraction of sp³-hybridized carbons (Fsp3) is 0.542. The molecule has 2 aliphatic carbocycles. The Kier molecular flexibility index (Phi) is 7.75. The number of fused-ring (bicyclic) bond motifs is 1. The van der Waals surface area contributed by atoms with Gasteiger partial charge in [-0.25, -0.2) is 4.98 Å². The predicted molar refractivity (Wildman–Crippen MR) is 140 cm³/mol. The van der Waals surface area contributed by atoms with E-state index in [9.17, 15) is 0 Å². The lowest BCUT2D eigenvalue weighted by molar-refractivity contribution is 0.387. The lowest BCUT2D eigenvalue weighted by Crippen LogP contribution is -2.42. The van der Waals surface area contributed by atoms with Crippen LogP contribution in [0.5, 0.6) is 5.75 Å². The highest BCUT2D eigenvalue weighted by Gasteiger charge is 2.24. The van der Waals surface area contributed by atoms with Crippen LogP contribution in [0.15, 0.2) is 18.2 Å². The summed E-state index contributed by atoms with van der Waals surface area (Å²) in [4.78, 5) is 11.8. The minimum absolute atomic E-state index is 0.329. The number of hydrogen-bond donors (Lipinski definition) is 3. The second-order valence-corrected chi connectivity index (χ2v) is 9.88. The van der Waals surface area contributed by atoms with Crippen LogP contribution >= 0.6 is 23.8 Å². The number of thiocarbonyl (C=S) groups is 1. The summed E-state index contributed by atoms with van der Waals surface area (Å²) in [5, 5.41) is 11.5. The number of nitrogens with zero attached hydrogens (tertiary/aromatic N) is 3. The summed E-state index contributed by atoms with van der Waals surface area (Å²) in [6.07, 6.45) is 8.69. The number of ether oxygens (including phenoxy) is 1. The van der Waals surface area contributed by atoms with Crippen LogP contribution in [0.1, 0.15) is 49.8 Å². The monoisotopic (exact) mass is 488 g/mol. The standard InChI is InChI=1S/C24H33ClN6OS/c1-31(2)22-18-6-4-5-7-19(18)28-23(30-22)26-16-9-11-17(12-10-16)27-24(33)29-20-14-15(25)8-13-21(20)32-3/h8,13-14,16-17H,4-7,9-12H2,1-3H3,(H,26,28,30)(H2,27,29,33). The van der Waals surface area contributed by atoms with E-state index in [1.807, 2.05) is 12.1 Å². The molecule has 7 nitrogen and oxygen atoms in total. The maximum absolute atomic E-state index is 6.12. The van der Waals surface area contributed by atoms with Gasteiger partial charge in [-0.1, -0.05) is 11.6 Å². The summed E-state index contributed by atoms with van der Waals surface area (Å²) >= 11 is 11.7. The predicted octanol–water partition coefficient (Wildman–Crippen LogP) is 4.79. The van der Waals surface area contributed by atoms with Crippen LogP contribution < -0.4 is 25.6 Å². The average molecular weight is 489 g/mol. The molecular formula is C24H33ClN6OS. The third-order valence-electron chi connectivity index (χ3n) is 6.39. The second-order valence-electron chi connectivity index (χ2n) is 9.03. The molecule has 0 spiro atoms. The highest BCUT2D eigenvalue weighted by atomic mass is 35.5. The number of nitrogens with one attached hydrogen (secondary N) is 3. The zero-order valence-electron chi connectivity index (χ0n) is 19.6.